The van der Waals surface area contributed by atoms with E-state index in [1.54, 1.807) is 16.3 Å². The number of carboxylic acid groups (broad SMARTS) is 1. The molecule has 1 unspecified atom stereocenters. The van der Waals surface area contributed by atoms with Crippen LogP contribution in [0.1, 0.15) is 43.5 Å². The number of hydrogen-bond donors (Lipinski definition) is 1. The Balaban J connectivity index is 0.000000246. The summed E-state index contributed by atoms with van der Waals surface area (Å²) in [6.45, 7) is 4.92. The highest BCUT2D eigenvalue weighted by molar-refractivity contribution is 8.00. The number of carbonyl (C=O) groups excluding carboxylic acids is 1. The summed E-state index contributed by atoms with van der Waals surface area (Å²) in [7, 11) is 2.22. The smallest absolute Gasteiger partial charge is 0.431 e. The van der Waals surface area contributed by atoms with Crippen LogP contribution in [-0.2, 0) is 53.7 Å². The number of nitrogens with zero attached hydrogens (tertiary/aromatic N) is 5. The molecule has 0 spiro atoms. The minimum Gasteiger partial charge on any atom is -0.489 e. The summed E-state index contributed by atoms with van der Waals surface area (Å²) in [5.41, 5.74) is -1.77. The first kappa shape index (κ1) is 45.5. The van der Waals surface area contributed by atoms with Gasteiger partial charge in [0.2, 0.25) is 4.80 Å². The number of aliphatic carboxylic acids is 1. The summed E-state index contributed by atoms with van der Waals surface area (Å²) in [6, 6.07) is 14.2. The molecule has 3 heterocycles. The molecular weight excluding hydrogens is 858 g/mol. The largest absolute Gasteiger partial charge is 0.489 e. The summed E-state index contributed by atoms with van der Waals surface area (Å²) < 4.78 is 74.0. The Morgan fingerprint density at radius 3 is 2.33 bits per heavy atom. The summed E-state index contributed by atoms with van der Waals surface area (Å²) >= 11 is 7.91. The molecule has 1 atom stereocenters. The Hall–Kier alpha value is -5.60. The Labute approximate surface area is 351 Å². The minimum atomic E-state index is -4.84. The number of aryl methyl sites for hydroxylation is 1. The van der Waals surface area contributed by atoms with Gasteiger partial charge in [-0.25, -0.2) is 28.2 Å². The summed E-state index contributed by atoms with van der Waals surface area (Å²) in [6.07, 6.45) is -3.04. The zero-order chi connectivity index (χ0) is 43.9. The lowest BCUT2D eigenvalue weighted by Crippen LogP contribution is -2.40. The first-order chi connectivity index (χ1) is 28.4. The molecule has 6 rings (SSSR count). The second kappa shape index (κ2) is 19.6. The van der Waals surface area contributed by atoms with Gasteiger partial charge < -0.3 is 19.3 Å². The molecule has 3 aromatic carbocycles. The second-order valence-electron chi connectivity index (χ2n) is 13.0. The van der Waals surface area contributed by atoms with Crippen LogP contribution in [0.4, 0.5) is 23.2 Å². The van der Waals surface area contributed by atoms with Gasteiger partial charge in [-0.2, -0.15) is 13.2 Å². The molecule has 0 radical (unpaired) electrons. The maximum atomic E-state index is 14.2. The standard InChI is InChI=1S/C25H25F3N2O6.C14H13ClFN3O3S2/c1-5-16-6-7-17(20(12-16)36-15(2)23(32)34-4)14-35-19-10-8-18(9-11-19)30-22(31)13-21(25(26,27)28)29(3)24(30)33;15-8-5-9(16)10(6-11(8)23-7-12(20)21)17-13-18-3-1-2-4-19(18)14(22)24-13/h6-13,15H,5,14H2,1-4H3;5-6H,1-4,7H2,(H,20,21). The van der Waals surface area contributed by atoms with Crippen molar-refractivity contribution in [3.8, 4) is 17.2 Å². The zero-order valence-electron chi connectivity index (χ0n) is 32.5. The molecule has 0 aliphatic carbocycles. The van der Waals surface area contributed by atoms with Crippen molar-refractivity contribution < 1.29 is 46.5 Å². The maximum absolute atomic E-state index is 14.2. The lowest BCUT2D eigenvalue weighted by atomic mass is 10.1. The third-order valence-electron chi connectivity index (χ3n) is 8.94. The van der Waals surface area contributed by atoms with E-state index in [-0.39, 0.29) is 33.6 Å². The molecule has 1 N–H and O–H groups in total. The number of thioether (sulfide) groups is 1. The van der Waals surface area contributed by atoms with Crippen molar-refractivity contribution in [1.82, 2.24) is 18.5 Å². The number of esters is 1. The number of methoxy groups -OCH3 is 1. The summed E-state index contributed by atoms with van der Waals surface area (Å²) in [4.78, 5) is 64.2. The molecular formula is C39H38ClF4N5O9S2. The number of rotatable bonds is 12. The molecule has 320 valence electrons. The average molecular weight is 896 g/mol. The quantitative estimate of drug-likeness (QED) is 0.0849. The Bertz CT molecular complexity index is 2640. The number of ether oxygens (including phenoxy) is 3. The van der Waals surface area contributed by atoms with Gasteiger partial charge in [-0.3, -0.25) is 23.6 Å². The van der Waals surface area contributed by atoms with Crippen LogP contribution >= 0.6 is 34.7 Å². The zero-order valence-corrected chi connectivity index (χ0v) is 34.8. The predicted molar refractivity (Wildman–Crippen MR) is 215 cm³/mol. The fourth-order valence-electron chi connectivity index (χ4n) is 5.81. The van der Waals surface area contributed by atoms with E-state index in [0.29, 0.717) is 55.0 Å². The van der Waals surface area contributed by atoms with E-state index in [2.05, 4.69) is 4.99 Å². The number of fused-ring (bicyclic) bond motifs is 1. The van der Waals surface area contributed by atoms with E-state index in [9.17, 15) is 41.5 Å². The number of carbonyl (C=O) groups is 2. The number of hydrogen-bond acceptors (Lipinski definition) is 11. The molecule has 5 aromatic rings. The molecule has 60 heavy (non-hydrogen) atoms. The molecule has 0 saturated carbocycles. The number of alkyl halides is 3. The third-order valence-corrected chi connectivity index (χ3v) is 11.3. The molecule has 0 bridgehead atoms. The molecule has 1 aliphatic rings. The van der Waals surface area contributed by atoms with Crippen molar-refractivity contribution in [3.63, 3.8) is 0 Å². The fraction of sp³-hybridized carbons (Fsp3) is 0.333. The second-order valence-corrected chi connectivity index (χ2v) is 15.4. The number of carboxylic acids is 1. The highest BCUT2D eigenvalue weighted by atomic mass is 35.5. The van der Waals surface area contributed by atoms with Gasteiger partial charge in [-0.1, -0.05) is 30.7 Å². The maximum Gasteiger partial charge on any atom is 0.431 e. The first-order valence-electron chi connectivity index (χ1n) is 18.1. The lowest BCUT2D eigenvalue weighted by molar-refractivity contribution is -0.148. The summed E-state index contributed by atoms with van der Waals surface area (Å²) in [5.74, 6) is -1.48. The molecule has 0 saturated heterocycles. The minimum absolute atomic E-state index is 0.0370. The van der Waals surface area contributed by atoms with Gasteiger partial charge >= 0.3 is 28.7 Å². The van der Waals surface area contributed by atoms with Gasteiger partial charge in [-0.05, 0) is 85.6 Å². The van der Waals surface area contributed by atoms with Crippen molar-refractivity contribution in [3.05, 3.63) is 124 Å². The van der Waals surface area contributed by atoms with Crippen LogP contribution in [-0.4, -0.2) is 54.5 Å². The van der Waals surface area contributed by atoms with E-state index < -0.39 is 47.0 Å². The average Bonchev–Trinajstić information content (AvgIpc) is 3.53. The van der Waals surface area contributed by atoms with Gasteiger partial charge in [0.15, 0.2) is 6.10 Å². The van der Waals surface area contributed by atoms with Crippen molar-refractivity contribution in [2.45, 2.75) is 70.0 Å². The van der Waals surface area contributed by atoms with Crippen molar-refractivity contribution in [2.24, 2.45) is 12.0 Å². The van der Waals surface area contributed by atoms with Crippen molar-refractivity contribution in [1.29, 1.82) is 0 Å². The van der Waals surface area contributed by atoms with E-state index in [0.717, 1.165) is 61.0 Å². The predicted octanol–water partition coefficient (Wildman–Crippen LogP) is 6.34. The molecule has 14 nitrogen and oxygen atoms in total. The van der Waals surface area contributed by atoms with Crippen LogP contribution in [0, 0.1) is 5.82 Å². The van der Waals surface area contributed by atoms with Gasteiger partial charge in [0, 0.05) is 36.7 Å². The molecule has 21 heteroatoms. The third kappa shape index (κ3) is 11.0. The van der Waals surface area contributed by atoms with E-state index >= 15 is 0 Å². The Morgan fingerprint density at radius 2 is 1.70 bits per heavy atom. The van der Waals surface area contributed by atoms with Gasteiger partial charge in [0.25, 0.3) is 5.56 Å². The highest BCUT2D eigenvalue weighted by Gasteiger charge is 2.35. The van der Waals surface area contributed by atoms with Crippen LogP contribution < -0.4 is 30.4 Å². The Kier molecular flexibility index (Phi) is 14.9. The van der Waals surface area contributed by atoms with Gasteiger partial charge in [0.05, 0.1) is 23.6 Å². The summed E-state index contributed by atoms with van der Waals surface area (Å²) in [5, 5.41) is 8.90. The van der Waals surface area contributed by atoms with E-state index in [4.69, 9.17) is 30.9 Å². The number of halogens is 5. The van der Waals surface area contributed by atoms with Crippen LogP contribution in [0.25, 0.3) is 5.69 Å². The van der Waals surface area contributed by atoms with Crippen molar-refractivity contribution in [2.75, 3.05) is 12.9 Å². The first-order valence-corrected chi connectivity index (χ1v) is 20.3. The molecule has 0 amide bonds. The number of aromatic nitrogens is 4. The van der Waals surface area contributed by atoms with Crippen LogP contribution in [0.15, 0.2) is 84.9 Å². The fourth-order valence-corrected chi connectivity index (χ4v) is 7.69. The van der Waals surface area contributed by atoms with Crippen LogP contribution in [0.3, 0.4) is 0 Å². The topological polar surface area (TPSA) is 165 Å². The molecule has 0 fully saturated rings. The van der Waals surface area contributed by atoms with E-state index in [1.807, 2.05) is 25.1 Å². The SMILES string of the molecule is CCc1ccc(COc2ccc(-n3c(=O)cc(C(F)(F)F)n(C)c3=O)cc2)c(OC(C)C(=O)OC)c1.O=C(O)CSc1cc(N=c2sc(=O)n3n2CCCC3)c(F)cc1Cl. The molecule has 2 aromatic heterocycles. The van der Waals surface area contributed by atoms with Crippen LogP contribution in [0.2, 0.25) is 5.02 Å². The lowest BCUT2D eigenvalue weighted by Gasteiger charge is -2.17. The highest BCUT2D eigenvalue weighted by Crippen LogP contribution is 2.33. The van der Waals surface area contributed by atoms with Crippen LogP contribution in [0.5, 0.6) is 11.5 Å². The number of benzene rings is 3. The van der Waals surface area contributed by atoms with Gasteiger partial charge in [-0.15, -0.1) is 11.8 Å². The van der Waals surface area contributed by atoms with Crippen molar-refractivity contribution >= 4 is 52.3 Å². The monoisotopic (exact) mass is 895 g/mol. The van der Waals surface area contributed by atoms with E-state index in [1.165, 1.54) is 37.4 Å². The Morgan fingerprint density at radius 1 is 1.02 bits per heavy atom. The van der Waals surface area contributed by atoms with Gasteiger partial charge in [0.1, 0.15) is 35.3 Å². The normalized spacial score (nSPS) is 13.2. The molecule has 1 aliphatic heterocycles.